The van der Waals surface area contributed by atoms with Gasteiger partial charge in [0.05, 0.1) is 10.6 Å². The minimum absolute atomic E-state index is 0.0614. The SMILES string of the molecule is CC1(C)Oc2ccc([N+](=O)[O-])cc2N(CCCCN)C1=O. The molecule has 114 valence electrons. The van der Waals surface area contributed by atoms with Crippen LogP contribution in [0.15, 0.2) is 18.2 Å². The van der Waals surface area contributed by atoms with Crippen LogP contribution in [0.1, 0.15) is 26.7 Å². The van der Waals surface area contributed by atoms with Crippen LogP contribution >= 0.6 is 0 Å². The quantitative estimate of drug-likeness (QED) is 0.507. The van der Waals surface area contributed by atoms with E-state index in [1.165, 1.54) is 18.2 Å². The van der Waals surface area contributed by atoms with E-state index in [2.05, 4.69) is 0 Å². The first-order chi connectivity index (χ1) is 9.86. The Kier molecular flexibility index (Phi) is 4.13. The zero-order chi connectivity index (χ0) is 15.6. The number of nitro groups is 1. The van der Waals surface area contributed by atoms with Crippen LogP contribution in [-0.2, 0) is 4.79 Å². The van der Waals surface area contributed by atoms with Crippen LogP contribution in [0, 0.1) is 10.1 Å². The predicted octanol–water partition coefficient (Wildman–Crippen LogP) is 1.84. The number of rotatable bonds is 5. The maximum atomic E-state index is 12.5. The first-order valence-corrected chi connectivity index (χ1v) is 6.86. The van der Waals surface area contributed by atoms with E-state index in [4.69, 9.17) is 10.5 Å². The van der Waals surface area contributed by atoms with Crippen molar-refractivity contribution in [3.63, 3.8) is 0 Å². The molecule has 1 aliphatic rings. The molecule has 0 bridgehead atoms. The van der Waals surface area contributed by atoms with Gasteiger partial charge < -0.3 is 15.4 Å². The van der Waals surface area contributed by atoms with Crippen molar-refractivity contribution < 1.29 is 14.5 Å². The summed E-state index contributed by atoms with van der Waals surface area (Å²) in [6, 6.07) is 4.30. The van der Waals surface area contributed by atoms with Crippen LogP contribution in [0.5, 0.6) is 5.75 Å². The molecule has 1 heterocycles. The molecular formula is C14H19N3O4. The molecule has 1 aromatic rings. The van der Waals surface area contributed by atoms with E-state index in [1.54, 1.807) is 18.7 Å². The number of anilines is 1. The third kappa shape index (κ3) is 2.97. The second-order valence-electron chi connectivity index (χ2n) is 5.47. The summed E-state index contributed by atoms with van der Waals surface area (Å²) in [7, 11) is 0. The lowest BCUT2D eigenvalue weighted by Crippen LogP contribution is -2.52. The summed E-state index contributed by atoms with van der Waals surface area (Å²) >= 11 is 0. The van der Waals surface area contributed by atoms with E-state index in [1.807, 2.05) is 0 Å². The number of ether oxygens (including phenoxy) is 1. The van der Waals surface area contributed by atoms with Gasteiger partial charge in [0.25, 0.3) is 11.6 Å². The smallest absolute Gasteiger partial charge is 0.271 e. The molecule has 0 radical (unpaired) electrons. The number of carbonyl (C=O) groups excluding carboxylic acids is 1. The van der Waals surface area contributed by atoms with Crippen LogP contribution in [0.2, 0.25) is 0 Å². The fourth-order valence-corrected chi connectivity index (χ4v) is 2.31. The number of nitro benzene ring substituents is 1. The topological polar surface area (TPSA) is 98.7 Å². The van der Waals surface area contributed by atoms with Crippen molar-refractivity contribution in [1.82, 2.24) is 0 Å². The van der Waals surface area contributed by atoms with Crippen LogP contribution in [0.4, 0.5) is 11.4 Å². The van der Waals surface area contributed by atoms with Gasteiger partial charge in [-0.15, -0.1) is 0 Å². The highest BCUT2D eigenvalue weighted by Crippen LogP contribution is 2.39. The standard InChI is InChI=1S/C14H19N3O4/c1-14(2)13(18)16(8-4-3-7-15)11-9-10(17(19)20)5-6-12(11)21-14/h5-6,9H,3-4,7-8,15H2,1-2H3. The number of nitrogens with zero attached hydrogens (tertiary/aromatic N) is 2. The molecule has 0 aliphatic carbocycles. The van der Waals surface area contributed by atoms with Crippen LogP contribution < -0.4 is 15.4 Å². The Morgan fingerprint density at radius 2 is 2.10 bits per heavy atom. The molecule has 0 atom stereocenters. The fourth-order valence-electron chi connectivity index (χ4n) is 2.31. The second-order valence-corrected chi connectivity index (χ2v) is 5.47. The van der Waals surface area contributed by atoms with Crippen LogP contribution in [0.25, 0.3) is 0 Å². The molecule has 1 amide bonds. The monoisotopic (exact) mass is 293 g/mol. The molecular weight excluding hydrogens is 274 g/mol. The number of hydrogen-bond acceptors (Lipinski definition) is 5. The summed E-state index contributed by atoms with van der Waals surface area (Å²) in [4.78, 5) is 24.5. The molecule has 1 aromatic carbocycles. The minimum atomic E-state index is -0.980. The largest absolute Gasteiger partial charge is 0.476 e. The van der Waals surface area contributed by atoms with Gasteiger partial charge >= 0.3 is 0 Å². The Balaban J connectivity index is 2.40. The van der Waals surface area contributed by atoms with Crippen molar-refractivity contribution >= 4 is 17.3 Å². The number of non-ortho nitro benzene ring substituents is 1. The molecule has 0 saturated carbocycles. The lowest BCUT2D eigenvalue weighted by molar-refractivity contribution is -0.384. The van der Waals surface area contributed by atoms with Gasteiger partial charge in [-0.25, -0.2) is 0 Å². The zero-order valence-electron chi connectivity index (χ0n) is 12.2. The van der Waals surface area contributed by atoms with Gasteiger partial charge in [0.2, 0.25) is 0 Å². The first kappa shape index (κ1) is 15.2. The summed E-state index contributed by atoms with van der Waals surface area (Å²) < 4.78 is 5.66. The van der Waals surface area contributed by atoms with Crippen LogP contribution in [-0.4, -0.2) is 29.5 Å². The number of nitrogens with two attached hydrogens (primary N) is 1. The molecule has 2 rings (SSSR count). The Morgan fingerprint density at radius 1 is 1.38 bits per heavy atom. The zero-order valence-corrected chi connectivity index (χ0v) is 12.2. The number of carbonyl (C=O) groups is 1. The van der Waals surface area contributed by atoms with E-state index >= 15 is 0 Å². The Bertz CT molecular complexity index is 571. The summed E-state index contributed by atoms with van der Waals surface area (Å²) in [6.45, 7) is 4.39. The normalized spacial score (nSPS) is 16.3. The molecule has 0 spiro atoms. The molecule has 1 aliphatic heterocycles. The van der Waals surface area contributed by atoms with E-state index < -0.39 is 10.5 Å². The summed E-state index contributed by atoms with van der Waals surface area (Å²) in [5.74, 6) is 0.283. The van der Waals surface area contributed by atoms with E-state index in [0.717, 1.165) is 12.8 Å². The van der Waals surface area contributed by atoms with Gasteiger partial charge in [0.15, 0.2) is 5.60 Å². The second kappa shape index (κ2) is 5.69. The fraction of sp³-hybridized carbons (Fsp3) is 0.500. The Labute approximate surface area is 122 Å². The number of amides is 1. The predicted molar refractivity (Wildman–Crippen MR) is 78.4 cm³/mol. The third-order valence-electron chi connectivity index (χ3n) is 3.41. The highest BCUT2D eigenvalue weighted by atomic mass is 16.6. The number of unbranched alkanes of at least 4 members (excludes halogenated alkanes) is 1. The molecule has 0 aromatic heterocycles. The molecule has 0 unspecified atom stereocenters. The van der Waals surface area contributed by atoms with Gasteiger partial charge in [-0.05, 0) is 39.3 Å². The Hall–Kier alpha value is -2.15. The number of benzene rings is 1. The summed E-state index contributed by atoms with van der Waals surface area (Å²) in [6.07, 6.45) is 1.52. The average molecular weight is 293 g/mol. The maximum Gasteiger partial charge on any atom is 0.271 e. The molecule has 7 nitrogen and oxygen atoms in total. The lowest BCUT2D eigenvalue weighted by Gasteiger charge is -2.38. The van der Waals surface area contributed by atoms with E-state index in [0.29, 0.717) is 24.5 Å². The maximum absolute atomic E-state index is 12.5. The Morgan fingerprint density at radius 3 is 2.71 bits per heavy atom. The van der Waals surface area contributed by atoms with Crippen LogP contribution in [0.3, 0.4) is 0 Å². The van der Waals surface area contributed by atoms with Gasteiger partial charge in [0.1, 0.15) is 5.75 Å². The van der Waals surface area contributed by atoms with Crippen molar-refractivity contribution in [2.45, 2.75) is 32.3 Å². The average Bonchev–Trinajstić information content (AvgIpc) is 2.42. The van der Waals surface area contributed by atoms with Crippen molar-refractivity contribution in [3.8, 4) is 5.75 Å². The van der Waals surface area contributed by atoms with E-state index in [-0.39, 0.29) is 11.6 Å². The van der Waals surface area contributed by atoms with Crippen molar-refractivity contribution in [2.75, 3.05) is 18.0 Å². The highest BCUT2D eigenvalue weighted by molar-refractivity contribution is 6.02. The van der Waals surface area contributed by atoms with Crippen molar-refractivity contribution in [1.29, 1.82) is 0 Å². The van der Waals surface area contributed by atoms with Gasteiger partial charge in [0, 0.05) is 18.7 Å². The van der Waals surface area contributed by atoms with Gasteiger partial charge in [-0.2, -0.15) is 0 Å². The highest BCUT2D eigenvalue weighted by Gasteiger charge is 2.41. The minimum Gasteiger partial charge on any atom is -0.476 e. The molecule has 2 N–H and O–H groups in total. The lowest BCUT2D eigenvalue weighted by atomic mass is 10.0. The molecule has 0 fully saturated rings. The first-order valence-electron chi connectivity index (χ1n) is 6.86. The summed E-state index contributed by atoms with van der Waals surface area (Å²) in [5.41, 5.74) is 4.88. The van der Waals surface area contributed by atoms with Crippen molar-refractivity contribution in [3.05, 3.63) is 28.3 Å². The van der Waals surface area contributed by atoms with Gasteiger partial charge in [-0.1, -0.05) is 0 Å². The number of hydrogen-bond donors (Lipinski definition) is 1. The molecule has 0 saturated heterocycles. The van der Waals surface area contributed by atoms with Gasteiger partial charge in [-0.3, -0.25) is 14.9 Å². The third-order valence-corrected chi connectivity index (χ3v) is 3.41. The molecule has 7 heteroatoms. The van der Waals surface area contributed by atoms with Crippen molar-refractivity contribution in [2.24, 2.45) is 5.73 Å². The molecule has 21 heavy (non-hydrogen) atoms. The van der Waals surface area contributed by atoms with E-state index in [9.17, 15) is 14.9 Å². The number of fused-ring (bicyclic) bond motifs is 1. The summed E-state index contributed by atoms with van der Waals surface area (Å²) in [5, 5.41) is 10.9.